The van der Waals surface area contributed by atoms with Crippen LogP contribution < -0.4 is 5.73 Å². The summed E-state index contributed by atoms with van der Waals surface area (Å²) in [6, 6.07) is 0. The Balaban J connectivity index is 4.03. The van der Waals surface area contributed by atoms with E-state index < -0.39 is 0 Å². The van der Waals surface area contributed by atoms with Gasteiger partial charge in [-0.15, -0.1) is 0 Å². The van der Waals surface area contributed by atoms with Gasteiger partial charge < -0.3 is 11.1 Å². The fraction of sp³-hybridized carbons (Fsp3) is 0.750. The molecule has 0 aromatic heterocycles. The van der Waals surface area contributed by atoms with Crippen molar-refractivity contribution in [2.45, 2.75) is 33.1 Å². The van der Waals surface area contributed by atoms with Crippen molar-refractivity contribution in [3.63, 3.8) is 0 Å². The SMILES string of the molecule is CCCC(=N)C(CC)C(N)=S. The molecule has 0 spiro atoms. The Morgan fingerprint density at radius 1 is 1.55 bits per heavy atom. The molecule has 0 aromatic rings. The summed E-state index contributed by atoms with van der Waals surface area (Å²) in [5, 5.41) is 7.61. The summed E-state index contributed by atoms with van der Waals surface area (Å²) in [5.74, 6) is 0.0324. The third-order valence-corrected chi connectivity index (χ3v) is 1.98. The summed E-state index contributed by atoms with van der Waals surface area (Å²) in [6.07, 6.45) is 2.67. The molecule has 0 aliphatic rings. The van der Waals surface area contributed by atoms with E-state index in [4.69, 9.17) is 23.4 Å². The average molecular weight is 172 g/mol. The van der Waals surface area contributed by atoms with Gasteiger partial charge in [-0.05, 0) is 12.8 Å². The summed E-state index contributed by atoms with van der Waals surface area (Å²) < 4.78 is 0. The molecule has 3 heteroatoms. The van der Waals surface area contributed by atoms with Crippen molar-refractivity contribution in [2.24, 2.45) is 11.7 Å². The summed E-state index contributed by atoms with van der Waals surface area (Å²) in [5.41, 5.74) is 6.15. The summed E-state index contributed by atoms with van der Waals surface area (Å²) >= 11 is 4.84. The average Bonchev–Trinajstić information content (AvgIpc) is 1.88. The van der Waals surface area contributed by atoms with Gasteiger partial charge in [0.05, 0.1) is 4.99 Å². The monoisotopic (exact) mass is 172 g/mol. The number of nitrogens with two attached hydrogens (primary N) is 1. The van der Waals surface area contributed by atoms with E-state index in [0.717, 1.165) is 19.3 Å². The van der Waals surface area contributed by atoms with Gasteiger partial charge in [0.2, 0.25) is 0 Å². The van der Waals surface area contributed by atoms with Gasteiger partial charge in [-0.2, -0.15) is 0 Å². The first kappa shape index (κ1) is 10.6. The molecule has 2 nitrogen and oxygen atoms in total. The van der Waals surface area contributed by atoms with Crippen molar-refractivity contribution in [3.8, 4) is 0 Å². The highest BCUT2D eigenvalue weighted by molar-refractivity contribution is 7.80. The molecule has 0 aromatic carbocycles. The first-order valence-electron chi connectivity index (χ1n) is 4.00. The molecule has 64 valence electrons. The van der Waals surface area contributed by atoms with Gasteiger partial charge in [-0.1, -0.05) is 32.5 Å². The first-order valence-corrected chi connectivity index (χ1v) is 4.40. The van der Waals surface area contributed by atoms with E-state index in [9.17, 15) is 0 Å². The van der Waals surface area contributed by atoms with E-state index in [0.29, 0.717) is 10.7 Å². The van der Waals surface area contributed by atoms with Crippen molar-refractivity contribution in [1.29, 1.82) is 5.41 Å². The standard InChI is InChI=1S/C8H16N2S/c1-3-5-7(9)6(4-2)8(10)11/h6,9H,3-5H2,1-2H3,(H2,10,11). The number of nitrogens with one attached hydrogen (secondary N) is 1. The summed E-state index contributed by atoms with van der Waals surface area (Å²) in [6.45, 7) is 4.06. The highest BCUT2D eigenvalue weighted by atomic mass is 32.1. The van der Waals surface area contributed by atoms with Crippen LogP contribution in [0.3, 0.4) is 0 Å². The van der Waals surface area contributed by atoms with Gasteiger partial charge in [0.1, 0.15) is 0 Å². The number of thiocarbonyl (C=S) groups is 1. The third-order valence-electron chi connectivity index (χ3n) is 1.69. The maximum atomic E-state index is 7.61. The fourth-order valence-corrected chi connectivity index (χ4v) is 1.37. The second-order valence-corrected chi connectivity index (χ2v) is 3.11. The maximum Gasteiger partial charge on any atom is 0.0815 e. The van der Waals surface area contributed by atoms with Crippen LogP contribution in [-0.2, 0) is 0 Å². The Bertz CT molecular complexity index is 154. The molecule has 0 amide bonds. The van der Waals surface area contributed by atoms with E-state index in [1.807, 2.05) is 6.92 Å². The molecule has 1 atom stereocenters. The van der Waals surface area contributed by atoms with Crippen molar-refractivity contribution < 1.29 is 0 Å². The van der Waals surface area contributed by atoms with Crippen LogP contribution in [0.25, 0.3) is 0 Å². The molecule has 0 heterocycles. The highest BCUT2D eigenvalue weighted by Gasteiger charge is 2.13. The summed E-state index contributed by atoms with van der Waals surface area (Å²) in [4.78, 5) is 0.464. The Kier molecular flexibility index (Phi) is 5.03. The van der Waals surface area contributed by atoms with Crippen LogP contribution >= 0.6 is 12.2 Å². The lowest BCUT2D eigenvalue weighted by molar-refractivity contribution is 0.813. The second kappa shape index (κ2) is 5.24. The molecule has 11 heavy (non-hydrogen) atoms. The summed E-state index contributed by atoms with van der Waals surface area (Å²) in [7, 11) is 0. The van der Waals surface area contributed by atoms with E-state index in [1.54, 1.807) is 0 Å². The minimum Gasteiger partial charge on any atom is -0.393 e. The Morgan fingerprint density at radius 3 is 2.36 bits per heavy atom. The van der Waals surface area contributed by atoms with E-state index >= 15 is 0 Å². The first-order chi connectivity index (χ1) is 5.13. The lowest BCUT2D eigenvalue weighted by Gasteiger charge is -2.13. The third kappa shape index (κ3) is 3.46. The minimum absolute atomic E-state index is 0.0324. The number of hydrogen-bond donors (Lipinski definition) is 2. The van der Waals surface area contributed by atoms with Crippen LogP contribution in [0.1, 0.15) is 33.1 Å². The molecule has 0 fully saturated rings. The van der Waals surface area contributed by atoms with Gasteiger partial charge >= 0.3 is 0 Å². The predicted octanol–water partition coefficient (Wildman–Crippen LogP) is 2.12. The molecule has 0 saturated carbocycles. The number of rotatable bonds is 5. The van der Waals surface area contributed by atoms with Crippen LogP contribution in [0, 0.1) is 11.3 Å². The minimum atomic E-state index is 0.0324. The maximum absolute atomic E-state index is 7.61. The molecule has 0 aliphatic heterocycles. The zero-order valence-electron chi connectivity index (χ0n) is 7.18. The Morgan fingerprint density at radius 2 is 2.09 bits per heavy atom. The largest absolute Gasteiger partial charge is 0.393 e. The van der Waals surface area contributed by atoms with Gasteiger partial charge in [-0.3, -0.25) is 0 Å². The van der Waals surface area contributed by atoms with Crippen molar-refractivity contribution in [3.05, 3.63) is 0 Å². The fourth-order valence-electron chi connectivity index (χ4n) is 1.06. The van der Waals surface area contributed by atoms with Gasteiger partial charge in [-0.25, -0.2) is 0 Å². The quantitative estimate of drug-likeness (QED) is 0.493. The lowest BCUT2D eigenvalue weighted by Crippen LogP contribution is -2.27. The van der Waals surface area contributed by atoms with E-state index in [-0.39, 0.29) is 5.92 Å². The molecule has 0 rings (SSSR count). The van der Waals surface area contributed by atoms with Crippen molar-refractivity contribution in [2.75, 3.05) is 0 Å². The molecule has 3 N–H and O–H groups in total. The van der Waals surface area contributed by atoms with Gasteiger partial charge in [0.15, 0.2) is 0 Å². The van der Waals surface area contributed by atoms with Crippen LogP contribution in [0.4, 0.5) is 0 Å². The smallest absolute Gasteiger partial charge is 0.0815 e. The van der Waals surface area contributed by atoms with Crippen LogP contribution in [0.2, 0.25) is 0 Å². The number of hydrogen-bond acceptors (Lipinski definition) is 2. The topological polar surface area (TPSA) is 49.9 Å². The molecule has 1 unspecified atom stereocenters. The predicted molar refractivity (Wildman–Crippen MR) is 53.2 cm³/mol. The van der Waals surface area contributed by atoms with E-state index in [1.165, 1.54) is 0 Å². The molecule has 0 aliphatic carbocycles. The second-order valence-electron chi connectivity index (χ2n) is 2.64. The van der Waals surface area contributed by atoms with Crippen LogP contribution in [0.5, 0.6) is 0 Å². The Labute approximate surface area is 73.7 Å². The molecule has 0 bridgehead atoms. The van der Waals surface area contributed by atoms with Crippen molar-refractivity contribution in [1.82, 2.24) is 0 Å². The molecular formula is C8H16N2S. The molecule has 0 radical (unpaired) electrons. The molecular weight excluding hydrogens is 156 g/mol. The highest BCUT2D eigenvalue weighted by Crippen LogP contribution is 2.08. The zero-order chi connectivity index (χ0) is 8.85. The normalized spacial score (nSPS) is 12.5. The molecule has 0 saturated heterocycles. The Hall–Kier alpha value is -0.440. The lowest BCUT2D eigenvalue weighted by atomic mass is 9.97. The van der Waals surface area contributed by atoms with Crippen molar-refractivity contribution >= 4 is 22.9 Å². The van der Waals surface area contributed by atoms with Gasteiger partial charge in [0, 0.05) is 11.6 Å². The van der Waals surface area contributed by atoms with Gasteiger partial charge in [0.25, 0.3) is 0 Å². The van der Waals surface area contributed by atoms with Crippen LogP contribution in [0.15, 0.2) is 0 Å². The van der Waals surface area contributed by atoms with Crippen LogP contribution in [-0.4, -0.2) is 10.7 Å². The van der Waals surface area contributed by atoms with E-state index in [2.05, 4.69) is 6.92 Å². The zero-order valence-corrected chi connectivity index (χ0v) is 8.00.